The van der Waals surface area contributed by atoms with Gasteiger partial charge in [-0.3, -0.25) is 5.32 Å². The molecule has 0 aliphatic carbocycles. The number of halogens is 2. The normalized spacial score (nSPS) is 11.8. The molecule has 2 N–H and O–H groups in total. The molecule has 7 nitrogen and oxygen atoms in total. The number of carboxylic acid groups (broad SMARTS) is 1. The third kappa shape index (κ3) is 8.01. The van der Waals surface area contributed by atoms with Crippen molar-refractivity contribution in [2.45, 2.75) is 52.4 Å². The summed E-state index contributed by atoms with van der Waals surface area (Å²) in [4.78, 5) is 23.5. The van der Waals surface area contributed by atoms with E-state index in [4.69, 9.17) is 25.8 Å². The largest absolute Gasteiger partial charge is 0.494 e. The standard InChI is InChI=1S/C23H27ClFNO6/c1-4-9-30-18-7-5-15(19(24)12-18)13-31-23(29)26-17-6-8-20(25)16(10-17)11-21(22(27)28)32-14(2)3/h5-8,10,12,14,21H,4,9,11,13H2,1-3H3,(H,26,29)(H,27,28). The molecule has 2 rings (SSSR count). The Morgan fingerprint density at radius 2 is 1.91 bits per heavy atom. The van der Waals surface area contributed by atoms with Gasteiger partial charge in [0.2, 0.25) is 0 Å². The van der Waals surface area contributed by atoms with Gasteiger partial charge in [0, 0.05) is 17.7 Å². The molecule has 0 radical (unpaired) electrons. The van der Waals surface area contributed by atoms with Crippen molar-refractivity contribution in [2.75, 3.05) is 11.9 Å². The first-order valence-electron chi connectivity index (χ1n) is 10.2. The number of rotatable bonds is 11. The molecule has 0 heterocycles. The van der Waals surface area contributed by atoms with E-state index >= 15 is 0 Å². The number of hydrogen-bond acceptors (Lipinski definition) is 5. The molecule has 174 valence electrons. The number of nitrogens with one attached hydrogen (secondary N) is 1. The van der Waals surface area contributed by atoms with Crippen molar-refractivity contribution in [3.8, 4) is 5.75 Å². The average Bonchev–Trinajstić information content (AvgIpc) is 2.73. The van der Waals surface area contributed by atoms with Crippen LogP contribution in [0.5, 0.6) is 5.75 Å². The lowest BCUT2D eigenvalue weighted by atomic mass is 10.1. The molecular weight excluding hydrogens is 441 g/mol. The molecular formula is C23H27ClFNO6. The molecule has 0 saturated heterocycles. The van der Waals surface area contributed by atoms with E-state index in [1.54, 1.807) is 32.0 Å². The van der Waals surface area contributed by atoms with Gasteiger partial charge in [0.15, 0.2) is 6.10 Å². The first kappa shape index (κ1) is 25.4. The van der Waals surface area contributed by atoms with Gasteiger partial charge >= 0.3 is 12.1 Å². The van der Waals surface area contributed by atoms with Gasteiger partial charge in [0.25, 0.3) is 0 Å². The van der Waals surface area contributed by atoms with E-state index in [0.29, 0.717) is 22.9 Å². The number of anilines is 1. The predicted molar refractivity (Wildman–Crippen MR) is 119 cm³/mol. The van der Waals surface area contributed by atoms with Gasteiger partial charge in [-0.2, -0.15) is 0 Å². The van der Waals surface area contributed by atoms with Gasteiger partial charge in [0.1, 0.15) is 18.2 Å². The third-order valence-corrected chi connectivity index (χ3v) is 4.62. The van der Waals surface area contributed by atoms with Crippen LogP contribution in [-0.4, -0.2) is 36.0 Å². The molecule has 0 aromatic heterocycles. The van der Waals surface area contributed by atoms with Crippen LogP contribution < -0.4 is 10.1 Å². The molecule has 2 aromatic carbocycles. The van der Waals surface area contributed by atoms with E-state index in [1.165, 1.54) is 12.1 Å². The van der Waals surface area contributed by atoms with Gasteiger partial charge < -0.3 is 19.3 Å². The number of carbonyl (C=O) groups excluding carboxylic acids is 1. The van der Waals surface area contributed by atoms with Crippen LogP contribution >= 0.6 is 11.6 Å². The van der Waals surface area contributed by atoms with Crippen molar-refractivity contribution in [1.29, 1.82) is 0 Å². The molecule has 9 heteroatoms. The van der Waals surface area contributed by atoms with Crippen molar-refractivity contribution in [2.24, 2.45) is 0 Å². The first-order chi connectivity index (χ1) is 15.2. The highest BCUT2D eigenvalue weighted by atomic mass is 35.5. The summed E-state index contributed by atoms with van der Waals surface area (Å²) in [5.74, 6) is -1.16. The van der Waals surface area contributed by atoms with Crippen LogP contribution in [0.15, 0.2) is 36.4 Å². The van der Waals surface area contributed by atoms with Crippen LogP contribution in [0.2, 0.25) is 5.02 Å². The van der Waals surface area contributed by atoms with Crippen molar-refractivity contribution in [3.63, 3.8) is 0 Å². The number of aliphatic carboxylic acids is 1. The van der Waals surface area contributed by atoms with Crippen LogP contribution in [-0.2, 0) is 27.3 Å². The Balaban J connectivity index is 1.98. The fourth-order valence-corrected chi connectivity index (χ4v) is 3.01. The van der Waals surface area contributed by atoms with Crippen LogP contribution in [0, 0.1) is 5.82 Å². The first-order valence-corrected chi connectivity index (χ1v) is 10.6. The lowest BCUT2D eigenvalue weighted by Crippen LogP contribution is -2.29. The van der Waals surface area contributed by atoms with E-state index in [9.17, 15) is 19.1 Å². The summed E-state index contributed by atoms with van der Waals surface area (Å²) in [5, 5.41) is 12.2. The minimum atomic E-state index is -1.21. The van der Waals surface area contributed by atoms with Crippen molar-refractivity contribution < 1.29 is 33.3 Å². The number of carbonyl (C=O) groups is 2. The topological polar surface area (TPSA) is 94.1 Å². The summed E-state index contributed by atoms with van der Waals surface area (Å²) in [6, 6.07) is 8.94. The zero-order chi connectivity index (χ0) is 23.7. The Kier molecular flexibility index (Phi) is 9.74. The molecule has 1 amide bonds. The maximum Gasteiger partial charge on any atom is 0.411 e. The summed E-state index contributed by atoms with van der Waals surface area (Å²) in [7, 11) is 0. The number of benzene rings is 2. The number of carboxylic acids is 1. The van der Waals surface area contributed by atoms with E-state index in [2.05, 4.69) is 5.32 Å². The van der Waals surface area contributed by atoms with Crippen LogP contribution in [0.1, 0.15) is 38.3 Å². The van der Waals surface area contributed by atoms with Crippen LogP contribution in [0.3, 0.4) is 0 Å². The van der Waals surface area contributed by atoms with Crippen molar-refractivity contribution in [3.05, 3.63) is 58.4 Å². The van der Waals surface area contributed by atoms with Gasteiger partial charge in [-0.1, -0.05) is 24.6 Å². The number of ether oxygens (including phenoxy) is 3. The average molecular weight is 468 g/mol. The van der Waals surface area contributed by atoms with E-state index in [1.807, 2.05) is 6.92 Å². The van der Waals surface area contributed by atoms with Crippen LogP contribution in [0.25, 0.3) is 0 Å². The SMILES string of the molecule is CCCOc1ccc(COC(=O)Nc2ccc(F)c(CC(OC(C)C)C(=O)O)c2)c(Cl)c1. The summed E-state index contributed by atoms with van der Waals surface area (Å²) in [6.07, 6.45) is -1.63. The Morgan fingerprint density at radius 3 is 2.53 bits per heavy atom. The van der Waals surface area contributed by atoms with Crippen molar-refractivity contribution >= 4 is 29.4 Å². The van der Waals surface area contributed by atoms with Crippen molar-refractivity contribution in [1.82, 2.24) is 0 Å². The molecule has 0 bridgehead atoms. The Labute approximate surface area is 191 Å². The third-order valence-electron chi connectivity index (χ3n) is 4.27. The zero-order valence-corrected chi connectivity index (χ0v) is 18.9. The smallest absolute Gasteiger partial charge is 0.411 e. The monoisotopic (exact) mass is 467 g/mol. The van der Waals surface area contributed by atoms with Crippen LogP contribution in [0.4, 0.5) is 14.9 Å². The zero-order valence-electron chi connectivity index (χ0n) is 18.2. The molecule has 0 aliphatic rings. The lowest BCUT2D eigenvalue weighted by Gasteiger charge is -2.17. The van der Waals surface area contributed by atoms with Gasteiger partial charge in [-0.25, -0.2) is 14.0 Å². The maximum absolute atomic E-state index is 14.2. The minimum absolute atomic E-state index is 0.0733. The Bertz CT molecular complexity index is 937. The fraction of sp³-hybridized carbons (Fsp3) is 0.391. The van der Waals surface area contributed by atoms with E-state index in [0.717, 1.165) is 12.5 Å². The molecule has 0 fully saturated rings. The second-order valence-corrected chi connectivity index (χ2v) is 7.73. The van der Waals surface area contributed by atoms with Gasteiger partial charge in [0.05, 0.1) is 17.7 Å². The summed E-state index contributed by atoms with van der Waals surface area (Å²) in [6.45, 7) is 5.88. The molecule has 2 aromatic rings. The molecule has 1 unspecified atom stereocenters. The van der Waals surface area contributed by atoms with Gasteiger partial charge in [-0.15, -0.1) is 0 Å². The molecule has 0 aliphatic heterocycles. The highest BCUT2D eigenvalue weighted by Gasteiger charge is 2.22. The van der Waals surface area contributed by atoms with Gasteiger partial charge in [-0.05, 0) is 56.2 Å². The second kappa shape index (κ2) is 12.3. The summed E-state index contributed by atoms with van der Waals surface area (Å²) in [5.41, 5.74) is 0.955. The summed E-state index contributed by atoms with van der Waals surface area (Å²) >= 11 is 6.21. The molecule has 32 heavy (non-hydrogen) atoms. The highest BCUT2D eigenvalue weighted by molar-refractivity contribution is 6.31. The lowest BCUT2D eigenvalue weighted by molar-refractivity contribution is -0.153. The molecule has 0 spiro atoms. The second-order valence-electron chi connectivity index (χ2n) is 7.32. The highest BCUT2D eigenvalue weighted by Crippen LogP contribution is 2.24. The number of hydrogen-bond donors (Lipinski definition) is 2. The predicted octanol–water partition coefficient (Wildman–Crippen LogP) is 5.44. The summed E-state index contributed by atoms with van der Waals surface area (Å²) < 4.78 is 30.2. The molecule has 1 atom stereocenters. The van der Waals surface area contributed by atoms with E-state index in [-0.39, 0.29) is 30.4 Å². The minimum Gasteiger partial charge on any atom is -0.494 e. The quantitative estimate of drug-likeness (QED) is 0.457. The number of amides is 1. The Morgan fingerprint density at radius 1 is 1.16 bits per heavy atom. The van der Waals surface area contributed by atoms with E-state index < -0.39 is 24.0 Å². The molecule has 0 saturated carbocycles. The maximum atomic E-state index is 14.2. The Hall–Kier alpha value is -2.84. The fourth-order valence-electron chi connectivity index (χ4n) is 2.78.